The average molecular weight is 248 g/mol. The van der Waals surface area contributed by atoms with Gasteiger partial charge in [0.25, 0.3) is 0 Å². The summed E-state index contributed by atoms with van der Waals surface area (Å²) in [6, 6.07) is 2.28. The van der Waals surface area contributed by atoms with Gasteiger partial charge in [-0.2, -0.15) is 0 Å². The first-order valence-corrected chi connectivity index (χ1v) is 4.66. The zero-order valence-corrected chi connectivity index (χ0v) is 8.66. The number of aromatic carboxylic acids is 1. The highest BCUT2D eigenvalue weighted by Gasteiger charge is 2.15. The smallest absolute Gasteiger partial charge is 0.352 e. The minimum Gasteiger partial charge on any atom is -0.477 e. The van der Waals surface area contributed by atoms with Crippen LogP contribution in [0.15, 0.2) is 12.1 Å². The second kappa shape index (κ2) is 3.40. The number of nitrogens with one attached hydrogen (secondary N) is 1. The van der Waals surface area contributed by atoms with Gasteiger partial charge in [-0.05, 0) is 12.1 Å². The highest BCUT2D eigenvalue weighted by atomic mass is 35.5. The molecule has 3 nitrogen and oxygen atoms in total. The van der Waals surface area contributed by atoms with Crippen molar-refractivity contribution in [1.82, 2.24) is 4.98 Å². The highest BCUT2D eigenvalue weighted by Crippen LogP contribution is 2.33. The molecule has 2 N–H and O–H groups in total. The standard InChI is InChI=1S/C9H4Cl2FNO2/c10-4-2-5(12)8-3(7(4)11)1-6(13-8)9(14)15/h1-2,13H,(H,14,15). The fourth-order valence-corrected chi connectivity index (χ4v) is 1.71. The molecule has 2 rings (SSSR count). The van der Waals surface area contributed by atoms with Gasteiger partial charge in [0.1, 0.15) is 11.5 Å². The second-order valence-electron chi connectivity index (χ2n) is 2.93. The molecule has 0 fully saturated rings. The summed E-state index contributed by atoms with van der Waals surface area (Å²) in [4.78, 5) is 13.1. The third-order valence-electron chi connectivity index (χ3n) is 1.99. The van der Waals surface area contributed by atoms with Crippen molar-refractivity contribution in [3.8, 4) is 0 Å². The lowest BCUT2D eigenvalue weighted by Crippen LogP contribution is -1.95. The minimum absolute atomic E-state index is 0.0433. The van der Waals surface area contributed by atoms with E-state index in [2.05, 4.69) is 4.98 Å². The number of aromatic amines is 1. The number of rotatable bonds is 1. The monoisotopic (exact) mass is 247 g/mol. The molecule has 0 aliphatic carbocycles. The Bertz CT molecular complexity index is 565. The Hall–Kier alpha value is -1.26. The Morgan fingerprint density at radius 2 is 2.07 bits per heavy atom. The van der Waals surface area contributed by atoms with E-state index in [0.717, 1.165) is 6.07 Å². The Kier molecular flexibility index (Phi) is 2.32. The lowest BCUT2D eigenvalue weighted by Gasteiger charge is -1.98. The van der Waals surface area contributed by atoms with Gasteiger partial charge in [-0.25, -0.2) is 9.18 Å². The summed E-state index contributed by atoms with van der Waals surface area (Å²) < 4.78 is 13.3. The van der Waals surface area contributed by atoms with Gasteiger partial charge in [0.2, 0.25) is 0 Å². The number of aromatic nitrogens is 1. The molecule has 6 heteroatoms. The third kappa shape index (κ3) is 1.56. The maximum Gasteiger partial charge on any atom is 0.352 e. The first-order valence-electron chi connectivity index (χ1n) is 3.90. The van der Waals surface area contributed by atoms with E-state index in [1.807, 2.05) is 0 Å². The molecule has 0 unspecified atom stereocenters. The molecular weight excluding hydrogens is 244 g/mol. The van der Waals surface area contributed by atoms with E-state index in [1.54, 1.807) is 0 Å². The molecule has 1 aromatic carbocycles. The van der Waals surface area contributed by atoms with Crippen LogP contribution in [0.5, 0.6) is 0 Å². The predicted molar refractivity (Wildman–Crippen MR) is 55.2 cm³/mol. The molecule has 0 aliphatic heterocycles. The number of H-pyrrole nitrogens is 1. The van der Waals surface area contributed by atoms with E-state index in [9.17, 15) is 9.18 Å². The molecule has 0 atom stereocenters. The number of hydrogen-bond donors (Lipinski definition) is 2. The van der Waals surface area contributed by atoms with Gasteiger partial charge in [-0.15, -0.1) is 0 Å². The number of hydrogen-bond acceptors (Lipinski definition) is 1. The molecule has 2 aromatic rings. The van der Waals surface area contributed by atoms with Gasteiger partial charge in [0.05, 0.1) is 15.6 Å². The van der Waals surface area contributed by atoms with Gasteiger partial charge >= 0.3 is 5.97 Å². The lowest BCUT2D eigenvalue weighted by molar-refractivity contribution is 0.0691. The summed E-state index contributed by atoms with van der Waals surface area (Å²) in [7, 11) is 0. The molecule has 0 aliphatic rings. The summed E-state index contributed by atoms with van der Waals surface area (Å²) >= 11 is 11.5. The molecule has 78 valence electrons. The van der Waals surface area contributed by atoms with Crippen LogP contribution in [0.3, 0.4) is 0 Å². The molecule has 15 heavy (non-hydrogen) atoms. The first-order chi connectivity index (χ1) is 7.00. The van der Waals surface area contributed by atoms with Crippen molar-refractivity contribution in [3.63, 3.8) is 0 Å². The molecule has 0 spiro atoms. The highest BCUT2D eigenvalue weighted by molar-refractivity contribution is 6.45. The van der Waals surface area contributed by atoms with Crippen molar-refractivity contribution in [2.45, 2.75) is 0 Å². The van der Waals surface area contributed by atoms with E-state index < -0.39 is 11.8 Å². The van der Waals surface area contributed by atoms with Crippen molar-refractivity contribution < 1.29 is 14.3 Å². The van der Waals surface area contributed by atoms with Crippen LogP contribution in [0.25, 0.3) is 10.9 Å². The summed E-state index contributed by atoms with van der Waals surface area (Å²) in [5.41, 5.74) is -0.0881. The zero-order chi connectivity index (χ0) is 11.2. The van der Waals surface area contributed by atoms with Gasteiger partial charge in [-0.3, -0.25) is 0 Å². The summed E-state index contributed by atoms with van der Waals surface area (Å²) in [5.74, 6) is -1.82. The fraction of sp³-hybridized carbons (Fsp3) is 0. The van der Waals surface area contributed by atoms with Crippen molar-refractivity contribution in [1.29, 1.82) is 0 Å². The SMILES string of the molecule is O=C(O)c1cc2c(Cl)c(Cl)cc(F)c2[nH]1. The Labute approximate surface area is 93.4 Å². The van der Waals surface area contributed by atoms with Crippen LogP contribution in [0.2, 0.25) is 10.0 Å². The Morgan fingerprint density at radius 1 is 1.40 bits per heavy atom. The van der Waals surface area contributed by atoms with Crippen LogP contribution in [-0.2, 0) is 0 Å². The Balaban J connectivity index is 2.85. The van der Waals surface area contributed by atoms with Crippen LogP contribution in [0.4, 0.5) is 4.39 Å². The maximum atomic E-state index is 13.3. The normalized spacial score (nSPS) is 10.9. The molecular formula is C9H4Cl2FNO2. The van der Waals surface area contributed by atoms with E-state index in [4.69, 9.17) is 28.3 Å². The first kappa shape index (κ1) is 10.3. The number of benzene rings is 1. The molecule has 1 aromatic heterocycles. The quantitative estimate of drug-likeness (QED) is 0.760. The van der Waals surface area contributed by atoms with Gasteiger partial charge < -0.3 is 10.1 Å². The molecule has 1 heterocycles. The number of carbonyl (C=O) groups is 1. The van der Waals surface area contributed by atoms with Crippen molar-refractivity contribution in [2.24, 2.45) is 0 Å². The fourth-order valence-electron chi connectivity index (χ4n) is 1.31. The van der Waals surface area contributed by atoms with Crippen molar-refractivity contribution >= 4 is 40.1 Å². The predicted octanol–water partition coefficient (Wildman–Crippen LogP) is 3.31. The van der Waals surface area contributed by atoms with Gasteiger partial charge in [-0.1, -0.05) is 23.2 Å². The van der Waals surface area contributed by atoms with E-state index in [0.29, 0.717) is 0 Å². The van der Waals surface area contributed by atoms with Crippen LogP contribution >= 0.6 is 23.2 Å². The van der Waals surface area contributed by atoms with Gasteiger partial charge in [0, 0.05) is 5.39 Å². The Morgan fingerprint density at radius 3 is 2.67 bits per heavy atom. The van der Waals surface area contributed by atoms with Crippen molar-refractivity contribution in [2.75, 3.05) is 0 Å². The largest absolute Gasteiger partial charge is 0.477 e. The molecule has 0 bridgehead atoms. The number of halogens is 3. The van der Waals surface area contributed by atoms with E-state index in [-0.39, 0.29) is 26.6 Å². The lowest BCUT2D eigenvalue weighted by atomic mass is 10.2. The van der Waals surface area contributed by atoms with Gasteiger partial charge in [0.15, 0.2) is 0 Å². The zero-order valence-electron chi connectivity index (χ0n) is 7.14. The molecule has 0 radical (unpaired) electrons. The third-order valence-corrected chi connectivity index (χ3v) is 2.79. The summed E-state index contributed by atoms with van der Waals surface area (Å²) in [6.45, 7) is 0. The minimum atomic E-state index is -1.18. The number of carboxylic acid groups (broad SMARTS) is 1. The summed E-state index contributed by atoms with van der Waals surface area (Å²) in [5, 5.41) is 9.16. The topological polar surface area (TPSA) is 53.1 Å². The molecule has 0 saturated carbocycles. The molecule has 0 saturated heterocycles. The molecule has 0 amide bonds. The summed E-state index contributed by atoms with van der Waals surface area (Å²) in [6.07, 6.45) is 0. The van der Waals surface area contributed by atoms with Crippen molar-refractivity contribution in [3.05, 3.63) is 33.7 Å². The van der Waals surface area contributed by atoms with Crippen LogP contribution in [0.1, 0.15) is 10.5 Å². The van der Waals surface area contributed by atoms with Crippen LogP contribution in [0, 0.1) is 5.82 Å². The number of carboxylic acids is 1. The maximum absolute atomic E-state index is 13.3. The van der Waals surface area contributed by atoms with E-state index >= 15 is 0 Å². The van der Waals surface area contributed by atoms with Crippen LogP contribution in [-0.4, -0.2) is 16.1 Å². The second-order valence-corrected chi connectivity index (χ2v) is 3.72. The van der Waals surface area contributed by atoms with E-state index in [1.165, 1.54) is 6.07 Å². The number of fused-ring (bicyclic) bond motifs is 1. The van der Waals surface area contributed by atoms with Crippen LogP contribution < -0.4 is 0 Å². The average Bonchev–Trinajstić information content (AvgIpc) is 2.59.